The summed E-state index contributed by atoms with van der Waals surface area (Å²) in [7, 11) is 0. The van der Waals surface area contributed by atoms with E-state index in [4.69, 9.17) is 4.74 Å². The van der Waals surface area contributed by atoms with Gasteiger partial charge in [-0.1, -0.05) is 12.8 Å². The highest BCUT2D eigenvalue weighted by Gasteiger charge is 2.34. The third-order valence-electron chi connectivity index (χ3n) is 6.72. The summed E-state index contributed by atoms with van der Waals surface area (Å²) in [5, 5.41) is 0. The number of halogens is 3. The third-order valence-corrected chi connectivity index (χ3v) is 6.72. The molecule has 160 valence electrons. The van der Waals surface area contributed by atoms with E-state index in [2.05, 4.69) is 4.90 Å². The molecule has 2 saturated heterocycles. The number of ether oxygens (including phenoxy) is 1. The molecule has 7 heteroatoms. The lowest BCUT2D eigenvalue weighted by Gasteiger charge is -2.39. The van der Waals surface area contributed by atoms with E-state index in [0.29, 0.717) is 44.1 Å². The summed E-state index contributed by atoms with van der Waals surface area (Å²) in [4.78, 5) is 17.3. The van der Waals surface area contributed by atoms with Crippen molar-refractivity contribution < 1.29 is 22.7 Å². The van der Waals surface area contributed by atoms with E-state index in [1.165, 1.54) is 25.7 Å². The van der Waals surface area contributed by atoms with Crippen molar-refractivity contribution >= 4 is 5.91 Å². The number of hydrogen-bond acceptors (Lipinski definition) is 3. The zero-order valence-corrected chi connectivity index (χ0v) is 16.7. The number of benzene rings is 1. The van der Waals surface area contributed by atoms with Crippen molar-refractivity contribution in [2.75, 3.05) is 26.2 Å². The monoisotopic (exact) mass is 410 g/mol. The van der Waals surface area contributed by atoms with Crippen molar-refractivity contribution in [1.29, 1.82) is 0 Å². The Morgan fingerprint density at radius 3 is 2.03 bits per heavy atom. The van der Waals surface area contributed by atoms with Crippen molar-refractivity contribution in [2.45, 2.75) is 63.5 Å². The lowest BCUT2D eigenvalue weighted by molar-refractivity contribution is -0.139. The van der Waals surface area contributed by atoms with Crippen LogP contribution in [0.4, 0.5) is 13.2 Å². The average molecular weight is 410 g/mol. The Labute approximate surface area is 170 Å². The average Bonchev–Trinajstić information content (AvgIpc) is 3.26. The molecule has 0 radical (unpaired) electrons. The van der Waals surface area contributed by atoms with E-state index in [1.807, 2.05) is 4.90 Å². The number of piperidine rings is 2. The summed E-state index contributed by atoms with van der Waals surface area (Å²) in [5.41, 5.74) is 0. The fourth-order valence-electron chi connectivity index (χ4n) is 5.04. The van der Waals surface area contributed by atoms with Gasteiger partial charge in [0.05, 0.1) is 0 Å². The molecule has 1 aromatic rings. The second-order valence-corrected chi connectivity index (χ2v) is 8.59. The SMILES string of the molecule is O=C(C1CCN(C2CCCC2)CC1)N1CCC(Oc2c(F)cc(F)cc2F)CC1. The van der Waals surface area contributed by atoms with Gasteiger partial charge in [0, 0.05) is 50.0 Å². The molecule has 0 atom stereocenters. The van der Waals surface area contributed by atoms with E-state index in [9.17, 15) is 18.0 Å². The molecule has 0 spiro atoms. The summed E-state index contributed by atoms with van der Waals surface area (Å²) in [6, 6.07) is 1.95. The Hall–Kier alpha value is -1.76. The Kier molecular flexibility index (Phi) is 6.32. The fourth-order valence-corrected chi connectivity index (χ4v) is 5.04. The molecule has 0 unspecified atom stereocenters. The predicted octanol–water partition coefficient (Wildman–Crippen LogP) is 4.13. The van der Waals surface area contributed by atoms with Crippen LogP contribution in [-0.4, -0.2) is 54.0 Å². The molecule has 4 rings (SSSR count). The zero-order chi connectivity index (χ0) is 20.4. The van der Waals surface area contributed by atoms with Crippen LogP contribution in [-0.2, 0) is 4.79 Å². The molecule has 0 bridgehead atoms. The van der Waals surface area contributed by atoms with Crippen LogP contribution < -0.4 is 4.74 Å². The number of carbonyl (C=O) groups excluding carboxylic acids is 1. The third kappa shape index (κ3) is 4.71. The van der Waals surface area contributed by atoms with Crippen LogP contribution in [0.5, 0.6) is 5.75 Å². The molecule has 4 nitrogen and oxygen atoms in total. The Morgan fingerprint density at radius 1 is 0.862 bits per heavy atom. The number of likely N-dealkylation sites (tertiary alicyclic amines) is 2. The second kappa shape index (κ2) is 8.94. The molecule has 3 fully saturated rings. The van der Waals surface area contributed by atoms with E-state index < -0.39 is 23.2 Å². The van der Waals surface area contributed by atoms with Gasteiger partial charge in [0.1, 0.15) is 11.9 Å². The highest BCUT2D eigenvalue weighted by molar-refractivity contribution is 5.79. The molecule has 1 aromatic carbocycles. The number of amides is 1. The quantitative estimate of drug-likeness (QED) is 0.748. The molecule has 2 aliphatic heterocycles. The lowest BCUT2D eigenvalue weighted by Crippen LogP contribution is -2.48. The number of hydrogen-bond donors (Lipinski definition) is 0. The summed E-state index contributed by atoms with van der Waals surface area (Å²) in [5.74, 6) is -3.28. The van der Waals surface area contributed by atoms with E-state index >= 15 is 0 Å². The first kappa shape index (κ1) is 20.5. The van der Waals surface area contributed by atoms with Crippen LogP contribution in [0, 0.1) is 23.4 Å². The molecule has 1 aliphatic carbocycles. The van der Waals surface area contributed by atoms with Crippen LogP contribution in [0.3, 0.4) is 0 Å². The van der Waals surface area contributed by atoms with Gasteiger partial charge in [-0.15, -0.1) is 0 Å². The fraction of sp³-hybridized carbons (Fsp3) is 0.682. The maximum absolute atomic E-state index is 13.8. The normalized spacial score (nSPS) is 22.9. The number of carbonyl (C=O) groups is 1. The van der Waals surface area contributed by atoms with Gasteiger partial charge >= 0.3 is 0 Å². The van der Waals surface area contributed by atoms with E-state index in [1.54, 1.807) is 0 Å². The highest BCUT2D eigenvalue weighted by Crippen LogP contribution is 2.30. The van der Waals surface area contributed by atoms with Gasteiger partial charge < -0.3 is 14.5 Å². The van der Waals surface area contributed by atoms with Crippen molar-refractivity contribution in [3.05, 3.63) is 29.6 Å². The van der Waals surface area contributed by atoms with Gasteiger partial charge in [-0.3, -0.25) is 4.79 Å². The molecule has 0 aromatic heterocycles. The first-order chi connectivity index (χ1) is 14.0. The summed E-state index contributed by atoms with van der Waals surface area (Å²) >= 11 is 0. The van der Waals surface area contributed by atoms with Crippen molar-refractivity contribution in [1.82, 2.24) is 9.80 Å². The van der Waals surface area contributed by atoms with E-state index in [0.717, 1.165) is 25.9 Å². The molecular weight excluding hydrogens is 381 g/mol. The van der Waals surface area contributed by atoms with Gasteiger partial charge in [-0.25, -0.2) is 13.2 Å². The molecule has 1 amide bonds. The standard InChI is InChI=1S/C22H29F3N2O2/c23-16-13-19(24)21(20(25)14-16)29-18-7-11-27(12-8-18)22(28)15-5-9-26(10-6-15)17-3-1-2-4-17/h13-15,17-18H,1-12H2. The van der Waals surface area contributed by atoms with Crippen LogP contribution in [0.1, 0.15) is 51.4 Å². The van der Waals surface area contributed by atoms with Crippen molar-refractivity contribution in [3.8, 4) is 5.75 Å². The minimum absolute atomic E-state index is 0.0807. The molecule has 29 heavy (non-hydrogen) atoms. The smallest absolute Gasteiger partial charge is 0.225 e. The van der Waals surface area contributed by atoms with Gasteiger partial charge in [-0.2, -0.15) is 0 Å². The number of rotatable bonds is 4. The predicted molar refractivity (Wildman–Crippen MR) is 103 cm³/mol. The first-order valence-electron chi connectivity index (χ1n) is 10.9. The zero-order valence-electron chi connectivity index (χ0n) is 16.7. The van der Waals surface area contributed by atoms with Crippen molar-refractivity contribution in [3.63, 3.8) is 0 Å². The first-order valence-corrected chi connectivity index (χ1v) is 10.9. The van der Waals surface area contributed by atoms with Gasteiger partial charge in [-0.05, 0) is 38.8 Å². The van der Waals surface area contributed by atoms with Crippen LogP contribution >= 0.6 is 0 Å². The van der Waals surface area contributed by atoms with Gasteiger partial charge in [0.25, 0.3) is 0 Å². The minimum Gasteiger partial charge on any atom is -0.484 e. The Balaban J connectivity index is 1.25. The van der Waals surface area contributed by atoms with Crippen LogP contribution in [0.25, 0.3) is 0 Å². The Bertz CT molecular complexity index is 700. The maximum atomic E-state index is 13.8. The minimum atomic E-state index is -1.03. The maximum Gasteiger partial charge on any atom is 0.225 e. The molecule has 0 N–H and O–H groups in total. The lowest BCUT2D eigenvalue weighted by atomic mass is 9.93. The molecule has 1 saturated carbocycles. The molecule has 2 heterocycles. The summed E-state index contributed by atoms with van der Waals surface area (Å²) in [6.45, 7) is 3.06. The topological polar surface area (TPSA) is 32.8 Å². The van der Waals surface area contributed by atoms with Crippen LogP contribution in [0.15, 0.2) is 12.1 Å². The van der Waals surface area contributed by atoms with Gasteiger partial charge in [0.2, 0.25) is 5.91 Å². The summed E-state index contributed by atoms with van der Waals surface area (Å²) < 4.78 is 46.1. The Morgan fingerprint density at radius 2 is 1.45 bits per heavy atom. The molecular formula is C22H29F3N2O2. The van der Waals surface area contributed by atoms with Gasteiger partial charge in [0.15, 0.2) is 17.4 Å². The second-order valence-electron chi connectivity index (χ2n) is 8.59. The summed E-state index contributed by atoms with van der Waals surface area (Å²) in [6.07, 6.45) is 7.72. The molecule has 3 aliphatic rings. The number of nitrogens with zero attached hydrogens (tertiary/aromatic N) is 2. The van der Waals surface area contributed by atoms with Crippen molar-refractivity contribution in [2.24, 2.45) is 5.92 Å². The largest absolute Gasteiger partial charge is 0.484 e. The van der Waals surface area contributed by atoms with E-state index in [-0.39, 0.29) is 17.9 Å². The highest BCUT2D eigenvalue weighted by atomic mass is 19.1. The van der Waals surface area contributed by atoms with Crippen LogP contribution in [0.2, 0.25) is 0 Å².